The van der Waals surface area contributed by atoms with Gasteiger partial charge in [-0.05, 0) is 26.2 Å². The first-order valence-electron chi connectivity index (χ1n) is 8.54. The van der Waals surface area contributed by atoms with E-state index in [-0.39, 0.29) is 0 Å². The Hall–Kier alpha value is -2.11. The number of hydrogen-bond donors (Lipinski definition) is 1. The van der Waals surface area contributed by atoms with Crippen LogP contribution in [0.5, 0.6) is 0 Å². The molecule has 0 aliphatic carbocycles. The first-order chi connectivity index (χ1) is 11.2. The van der Waals surface area contributed by atoms with E-state index < -0.39 is 0 Å². The van der Waals surface area contributed by atoms with E-state index in [1.165, 1.54) is 25.1 Å². The number of anilines is 2. The summed E-state index contributed by atoms with van der Waals surface area (Å²) >= 11 is 0. The van der Waals surface area contributed by atoms with Crippen molar-refractivity contribution in [2.75, 3.05) is 23.7 Å². The van der Waals surface area contributed by atoms with Gasteiger partial charge in [0.05, 0.1) is 0 Å². The highest BCUT2D eigenvalue weighted by Crippen LogP contribution is 2.29. The van der Waals surface area contributed by atoms with Gasteiger partial charge in [-0.15, -0.1) is 0 Å². The van der Waals surface area contributed by atoms with Crippen LogP contribution in [0.15, 0.2) is 18.5 Å². The highest BCUT2D eigenvalue weighted by atomic mass is 15.2. The molecule has 124 valence electrons. The number of unbranched alkanes of at least 4 members (excludes halogenated alkanes) is 1. The van der Waals surface area contributed by atoms with Crippen LogP contribution in [0.3, 0.4) is 0 Å². The minimum absolute atomic E-state index is 0.353. The van der Waals surface area contributed by atoms with Gasteiger partial charge in [-0.3, -0.25) is 0 Å². The summed E-state index contributed by atoms with van der Waals surface area (Å²) in [6.45, 7) is 7.20. The molecule has 1 aliphatic heterocycles. The quantitative estimate of drug-likeness (QED) is 0.918. The lowest BCUT2D eigenvalue weighted by Gasteiger charge is -2.33. The molecule has 23 heavy (non-hydrogen) atoms. The fourth-order valence-electron chi connectivity index (χ4n) is 3.33. The van der Waals surface area contributed by atoms with Gasteiger partial charge in [-0.1, -0.05) is 13.3 Å². The molecule has 3 rings (SSSR count). The van der Waals surface area contributed by atoms with Crippen LogP contribution in [-0.2, 0) is 6.54 Å². The molecule has 2 aromatic rings. The van der Waals surface area contributed by atoms with Crippen LogP contribution in [0.1, 0.15) is 50.0 Å². The Bertz CT molecular complexity index is 630. The van der Waals surface area contributed by atoms with Gasteiger partial charge < -0.3 is 15.2 Å². The molecule has 2 aromatic heterocycles. The van der Waals surface area contributed by atoms with Gasteiger partial charge >= 0.3 is 0 Å². The number of nitrogen functional groups attached to an aromatic ring is 1. The van der Waals surface area contributed by atoms with Crippen molar-refractivity contribution in [3.05, 3.63) is 30.0 Å². The second-order valence-electron chi connectivity index (χ2n) is 6.34. The Morgan fingerprint density at radius 2 is 2.22 bits per heavy atom. The van der Waals surface area contributed by atoms with E-state index in [4.69, 9.17) is 5.73 Å². The average molecular weight is 314 g/mol. The van der Waals surface area contributed by atoms with E-state index in [0.29, 0.717) is 11.9 Å². The number of aromatic nitrogens is 4. The Morgan fingerprint density at radius 1 is 1.35 bits per heavy atom. The lowest BCUT2D eigenvalue weighted by Crippen LogP contribution is -2.36. The highest BCUT2D eigenvalue weighted by molar-refractivity contribution is 5.44. The van der Waals surface area contributed by atoms with E-state index in [1.54, 1.807) is 0 Å². The number of nitrogens with two attached hydrogens (primary N) is 1. The molecular formula is C17H26N6. The Labute approximate surface area is 137 Å². The van der Waals surface area contributed by atoms with Gasteiger partial charge in [0.25, 0.3) is 0 Å². The second kappa shape index (κ2) is 6.98. The van der Waals surface area contributed by atoms with Gasteiger partial charge in [-0.25, -0.2) is 9.97 Å². The Kier molecular flexibility index (Phi) is 4.79. The highest BCUT2D eigenvalue weighted by Gasteiger charge is 2.25. The third kappa shape index (κ3) is 3.63. The van der Waals surface area contributed by atoms with Crippen molar-refractivity contribution in [2.45, 2.75) is 52.0 Å². The normalized spacial score (nSPS) is 18.3. The fraction of sp³-hybridized carbons (Fsp3) is 0.588. The molecule has 6 nitrogen and oxygen atoms in total. The number of imidazole rings is 1. The van der Waals surface area contributed by atoms with Gasteiger partial charge in [0.15, 0.2) is 0 Å². The summed E-state index contributed by atoms with van der Waals surface area (Å²) in [4.78, 5) is 15.5. The first kappa shape index (κ1) is 15.8. The molecule has 1 unspecified atom stereocenters. The van der Waals surface area contributed by atoms with Crippen molar-refractivity contribution >= 4 is 11.8 Å². The molecule has 1 atom stereocenters. The number of aryl methyl sites for hydroxylation is 2. The van der Waals surface area contributed by atoms with Crippen LogP contribution < -0.4 is 10.6 Å². The number of rotatable bonds is 5. The van der Waals surface area contributed by atoms with E-state index in [0.717, 1.165) is 37.6 Å². The van der Waals surface area contributed by atoms with Crippen molar-refractivity contribution < 1.29 is 0 Å². The van der Waals surface area contributed by atoms with E-state index >= 15 is 0 Å². The third-order valence-electron chi connectivity index (χ3n) is 4.47. The van der Waals surface area contributed by atoms with Gasteiger partial charge in [0.2, 0.25) is 5.95 Å². The number of hydrogen-bond acceptors (Lipinski definition) is 5. The van der Waals surface area contributed by atoms with Crippen LogP contribution in [0.25, 0.3) is 0 Å². The van der Waals surface area contributed by atoms with Crippen molar-refractivity contribution in [2.24, 2.45) is 0 Å². The lowest BCUT2D eigenvalue weighted by atomic mass is 9.97. The molecule has 0 spiro atoms. The van der Waals surface area contributed by atoms with Gasteiger partial charge in [0, 0.05) is 49.7 Å². The van der Waals surface area contributed by atoms with Crippen LogP contribution >= 0.6 is 0 Å². The van der Waals surface area contributed by atoms with Crippen molar-refractivity contribution in [3.63, 3.8) is 0 Å². The van der Waals surface area contributed by atoms with Crippen LogP contribution in [-0.4, -0.2) is 32.6 Å². The molecule has 2 N–H and O–H groups in total. The van der Waals surface area contributed by atoms with Crippen molar-refractivity contribution in [3.8, 4) is 0 Å². The Balaban J connectivity index is 1.77. The summed E-state index contributed by atoms with van der Waals surface area (Å²) in [7, 11) is 0. The maximum atomic E-state index is 5.81. The summed E-state index contributed by atoms with van der Waals surface area (Å²) in [6, 6.07) is 2.02. The topological polar surface area (TPSA) is 72.9 Å². The second-order valence-corrected chi connectivity index (χ2v) is 6.34. The molecule has 0 aromatic carbocycles. The predicted octanol–water partition coefficient (Wildman–Crippen LogP) is 2.75. The molecule has 0 bridgehead atoms. The van der Waals surface area contributed by atoms with E-state index in [1.807, 2.05) is 19.2 Å². The van der Waals surface area contributed by atoms with E-state index in [2.05, 4.69) is 37.5 Å². The zero-order valence-electron chi connectivity index (χ0n) is 14.1. The zero-order chi connectivity index (χ0) is 16.2. The fourth-order valence-corrected chi connectivity index (χ4v) is 3.33. The van der Waals surface area contributed by atoms with E-state index in [9.17, 15) is 0 Å². The molecule has 0 amide bonds. The smallest absolute Gasteiger partial charge is 0.222 e. The molecule has 0 saturated carbocycles. The molecule has 1 fully saturated rings. The minimum atomic E-state index is 0.353. The number of nitrogens with zero attached hydrogens (tertiary/aromatic N) is 5. The molecule has 1 aliphatic rings. The largest absolute Gasteiger partial charge is 0.368 e. The maximum Gasteiger partial charge on any atom is 0.222 e. The zero-order valence-corrected chi connectivity index (χ0v) is 14.1. The molecule has 3 heterocycles. The lowest BCUT2D eigenvalue weighted by molar-refractivity contribution is 0.464. The number of piperidine rings is 1. The summed E-state index contributed by atoms with van der Waals surface area (Å²) in [5.41, 5.74) is 6.72. The summed E-state index contributed by atoms with van der Waals surface area (Å²) < 4.78 is 2.32. The van der Waals surface area contributed by atoms with Gasteiger partial charge in [-0.2, -0.15) is 4.98 Å². The standard InChI is InChI=1S/C17H26N6/c1-3-4-8-22-10-7-19-16(22)14-6-5-9-23(12-14)15-11-13(2)20-17(18)21-15/h7,10-11,14H,3-6,8-9,12H2,1-2H3,(H2,18,20,21). The van der Waals surface area contributed by atoms with Crippen LogP contribution in [0.4, 0.5) is 11.8 Å². The van der Waals surface area contributed by atoms with Crippen LogP contribution in [0.2, 0.25) is 0 Å². The summed E-state index contributed by atoms with van der Waals surface area (Å²) in [5.74, 6) is 2.95. The molecule has 0 radical (unpaired) electrons. The maximum absolute atomic E-state index is 5.81. The molecule has 6 heteroatoms. The minimum Gasteiger partial charge on any atom is -0.368 e. The average Bonchev–Trinajstić information content (AvgIpc) is 3.00. The molecular weight excluding hydrogens is 288 g/mol. The summed E-state index contributed by atoms with van der Waals surface area (Å²) in [5, 5.41) is 0. The monoisotopic (exact) mass is 314 g/mol. The summed E-state index contributed by atoms with van der Waals surface area (Å²) in [6.07, 6.45) is 8.76. The predicted molar refractivity (Wildman–Crippen MR) is 92.5 cm³/mol. The first-order valence-corrected chi connectivity index (χ1v) is 8.54. The third-order valence-corrected chi connectivity index (χ3v) is 4.47. The Morgan fingerprint density at radius 3 is 3.00 bits per heavy atom. The SMILES string of the molecule is CCCCn1ccnc1C1CCCN(c2cc(C)nc(N)n2)C1. The molecule has 1 saturated heterocycles. The van der Waals surface area contributed by atoms with Crippen molar-refractivity contribution in [1.29, 1.82) is 0 Å². The van der Waals surface area contributed by atoms with Crippen molar-refractivity contribution in [1.82, 2.24) is 19.5 Å². The van der Waals surface area contributed by atoms with Gasteiger partial charge in [0.1, 0.15) is 11.6 Å². The van der Waals surface area contributed by atoms with Crippen LogP contribution in [0, 0.1) is 6.92 Å².